The third-order valence-electron chi connectivity index (χ3n) is 4.06. The molecule has 1 aromatic heterocycles. The Balaban J connectivity index is 2.02. The highest BCUT2D eigenvalue weighted by Crippen LogP contribution is 2.36. The van der Waals surface area contributed by atoms with Crippen molar-refractivity contribution in [2.45, 2.75) is 66.0 Å². The van der Waals surface area contributed by atoms with Gasteiger partial charge in [-0.15, -0.1) is 0 Å². The average Bonchev–Trinajstić information content (AvgIpc) is 2.45. The molecule has 0 spiro atoms. The Bertz CT molecular complexity index is 561. The highest BCUT2D eigenvalue weighted by Gasteiger charge is 2.28. The second-order valence-corrected chi connectivity index (χ2v) is 7.03. The zero-order valence-electron chi connectivity index (χ0n) is 13.7. The lowest BCUT2D eigenvalue weighted by atomic mass is 9.76. The second-order valence-electron chi connectivity index (χ2n) is 6.67. The van der Waals surface area contributed by atoms with Crippen LogP contribution in [0.2, 0.25) is 5.15 Å². The number of alkyl carbamates (subject to hydrolysis) is 1. The summed E-state index contributed by atoms with van der Waals surface area (Å²) in [6, 6.07) is 0. The Morgan fingerprint density at radius 2 is 2.18 bits per heavy atom. The number of nitrogens with one attached hydrogen (secondary N) is 1. The molecule has 0 aliphatic heterocycles. The Morgan fingerprint density at radius 3 is 2.86 bits per heavy atom. The predicted molar refractivity (Wildman–Crippen MR) is 85.9 cm³/mol. The summed E-state index contributed by atoms with van der Waals surface area (Å²) in [7, 11) is 0. The molecule has 0 saturated carbocycles. The molecule has 1 aliphatic rings. The minimum absolute atomic E-state index is 0.102. The predicted octanol–water partition coefficient (Wildman–Crippen LogP) is 3.67. The van der Waals surface area contributed by atoms with Crippen molar-refractivity contribution < 1.29 is 9.53 Å². The number of fused-ring (bicyclic) bond motifs is 1. The molecule has 1 aromatic rings. The molecule has 22 heavy (non-hydrogen) atoms. The van der Waals surface area contributed by atoms with Crippen LogP contribution in [0.5, 0.6) is 0 Å². The number of rotatable bonds is 4. The molecule has 1 atom stereocenters. The number of carbonyl (C=O) groups is 1. The number of nitrogens with zero attached hydrogens (tertiary/aromatic N) is 2. The van der Waals surface area contributed by atoms with E-state index in [1.54, 1.807) is 0 Å². The van der Waals surface area contributed by atoms with Gasteiger partial charge in [-0.3, -0.25) is 0 Å². The number of amides is 1. The summed E-state index contributed by atoms with van der Waals surface area (Å²) in [6.07, 6.45) is 3.10. The van der Waals surface area contributed by atoms with Gasteiger partial charge in [-0.25, -0.2) is 14.8 Å². The minimum Gasteiger partial charge on any atom is -0.447 e. The van der Waals surface area contributed by atoms with Gasteiger partial charge in [0.05, 0.1) is 6.54 Å². The third kappa shape index (κ3) is 4.32. The summed E-state index contributed by atoms with van der Waals surface area (Å²) >= 11 is 6.30. The summed E-state index contributed by atoms with van der Waals surface area (Å²) < 4.78 is 5.15. The molecule has 1 heterocycles. The van der Waals surface area contributed by atoms with Gasteiger partial charge in [0.25, 0.3) is 0 Å². The van der Waals surface area contributed by atoms with Crippen molar-refractivity contribution in [1.29, 1.82) is 0 Å². The number of aryl methyl sites for hydroxylation is 1. The summed E-state index contributed by atoms with van der Waals surface area (Å²) in [5.74, 6) is 0.532. The Labute approximate surface area is 136 Å². The van der Waals surface area contributed by atoms with Crippen LogP contribution in [0.25, 0.3) is 0 Å². The summed E-state index contributed by atoms with van der Waals surface area (Å²) in [6.45, 7) is 8.50. The van der Waals surface area contributed by atoms with E-state index in [4.69, 9.17) is 16.3 Å². The van der Waals surface area contributed by atoms with Crippen molar-refractivity contribution in [2.24, 2.45) is 5.41 Å². The molecule has 0 bridgehead atoms. The van der Waals surface area contributed by atoms with Crippen LogP contribution in [0.15, 0.2) is 0 Å². The van der Waals surface area contributed by atoms with Crippen molar-refractivity contribution >= 4 is 17.7 Å². The molecule has 2 rings (SSSR count). The fraction of sp³-hybridized carbons (Fsp3) is 0.688. The highest BCUT2D eigenvalue weighted by atomic mass is 35.5. The topological polar surface area (TPSA) is 64.1 Å². The zero-order valence-corrected chi connectivity index (χ0v) is 14.5. The van der Waals surface area contributed by atoms with Gasteiger partial charge in [-0.2, -0.15) is 0 Å². The smallest absolute Gasteiger partial charge is 0.407 e. The minimum atomic E-state index is -0.451. The van der Waals surface area contributed by atoms with E-state index in [0.29, 0.717) is 11.0 Å². The van der Waals surface area contributed by atoms with E-state index in [-0.39, 0.29) is 18.1 Å². The fourth-order valence-corrected chi connectivity index (χ4v) is 2.77. The largest absolute Gasteiger partial charge is 0.447 e. The Morgan fingerprint density at radius 1 is 1.45 bits per heavy atom. The van der Waals surface area contributed by atoms with E-state index >= 15 is 0 Å². The van der Waals surface area contributed by atoms with Gasteiger partial charge in [0.15, 0.2) is 0 Å². The fourth-order valence-electron chi connectivity index (χ4n) is 2.49. The molecule has 0 fully saturated rings. The van der Waals surface area contributed by atoms with Crippen LogP contribution in [-0.2, 0) is 24.1 Å². The van der Waals surface area contributed by atoms with Crippen LogP contribution in [0.1, 0.15) is 57.6 Å². The molecule has 122 valence electrons. The molecule has 6 heteroatoms. The van der Waals surface area contributed by atoms with Crippen molar-refractivity contribution in [1.82, 2.24) is 15.3 Å². The van der Waals surface area contributed by atoms with Gasteiger partial charge in [0.2, 0.25) is 0 Å². The van der Waals surface area contributed by atoms with Gasteiger partial charge in [-0.05, 0) is 38.0 Å². The number of halogens is 1. The van der Waals surface area contributed by atoms with E-state index in [0.717, 1.165) is 36.9 Å². The average molecular weight is 326 g/mol. The number of hydrogen-bond acceptors (Lipinski definition) is 4. The van der Waals surface area contributed by atoms with Crippen LogP contribution in [0.4, 0.5) is 4.79 Å². The van der Waals surface area contributed by atoms with Crippen molar-refractivity contribution in [2.75, 3.05) is 0 Å². The van der Waals surface area contributed by atoms with E-state index < -0.39 is 6.09 Å². The van der Waals surface area contributed by atoms with E-state index in [1.165, 1.54) is 0 Å². The van der Waals surface area contributed by atoms with Gasteiger partial charge in [0, 0.05) is 11.3 Å². The molecule has 0 radical (unpaired) electrons. The van der Waals surface area contributed by atoms with Crippen molar-refractivity contribution in [3.63, 3.8) is 0 Å². The molecule has 0 aromatic carbocycles. The molecule has 1 N–H and O–H groups in total. The van der Waals surface area contributed by atoms with Gasteiger partial charge >= 0.3 is 6.09 Å². The number of carbonyl (C=O) groups excluding carboxylic acids is 1. The van der Waals surface area contributed by atoms with Gasteiger partial charge in [-0.1, -0.05) is 32.4 Å². The van der Waals surface area contributed by atoms with E-state index in [1.807, 2.05) is 13.8 Å². The maximum Gasteiger partial charge on any atom is 0.407 e. The standard InChI is InChI=1S/C16H24ClN3O2/c1-5-10(2)22-15(21)18-9-13-19-12-6-7-16(3,4)8-11(12)14(17)20-13/h10H,5-9H2,1-4H3,(H,18,21). The van der Waals surface area contributed by atoms with Gasteiger partial charge < -0.3 is 10.1 Å². The maximum atomic E-state index is 11.6. The molecule has 1 amide bonds. The van der Waals surface area contributed by atoms with Crippen LogP contribution in [0.3, 0.4) is 0 Å². The lowest BCUT2D eigenvalue weighted by Crippen LogP contribution is -2.29. The SMILES string of the molecule is CCC(C)OC(=O)NCc1nc(Cl)c2c(n1)CCC(C)(C)C2. The van der Waals surface area contributed by atoms with Crippen LogP contribution < -0.4 is 5.32 Å². The molecule has 1 unspecified atom stereocenters. The quantitative estimate of drug-likeness (QED) is 0.858. The first-order valence-corrected chi connectivity index (χ1v) is 8.17. The lowest BCUT2D eigenvalue weighted by Gasteiger charge is -2.31. The van der Waals surface area contributed by atoms with Crippen LogP contribution in [0, 0.1) is 5.41 Å². The van der Waals surface area contributed by atoms with Crippen LogP contribution >= 0.6 is 11.6 Å². The molecular formula is C16H24ClN3O2. The first-order chi connectivity index (χ1) is 10.3. The molecule has 0 saturated heterocycles. The molecular weight excluding hydrogens is 302 g/mol. The Kier molecular flexibility index (Phi) is 5.27. The maximum absolute atomic E-state index is 11.6. The lowest BCUT2D eigenvalue weighted by molar-refractivity contribution is 0.104. The van der Waals surface area contributed by atoms with Crippen molar-refractivity contribution in [3.8, 4) is 0 Å². The highest BCUT2D eigenvalue weighted by molar-refractivity contribution is 6.30. The van der Waals surface area contributed by atoms with Gasteiger partial charge in [0.1, 0.15) is 17.1 Å². The Hall–Kier alpha value is -1.36. The summed E-state index contributed by atoms with van der Waals surface area (Å²) in [4.78, 5) is 20.5. The van der Waals surface area contributed by atoms with Crippen molar-refractivity contribution in [3.05, 3.63) is 22.2 Å². The number of aromatic nitrogens is 2. The first kappa shape index (κ1) is 17.0. The van der Waals surface area contributed by atoms with Crippen LogP contribution in [-0.4, -0.2) is 22.2 Å². The van der Waals surface area contributed by atoms with E-state index in [2.05, 4.69) is 29.1 Å². The third-order valence-corrected chi connectivity index (χ3v) is 4.37. The van der Waals surface area contributed by atoms with E-state index in [9.17, 15) is 4.79 Å². The first-order valence-electron chi connectivity index (χ1n) is 7.79. The number of ether oxygens (including phenoxy) is 1. The molecule has 5 nitrogen and oxygen atoms in total. The monoisotopic (exact) mass is 325 g/mol. The zero-order chi connectivity index (χ0) is 16.3. The molecule has 1 aliphatic carbocycles. The second kappa shape index (κ2) is 6.82. The normalized spacial score (nSPS) is 17.5. The number of hydrogen-bond donors (Lipinski definition) is 1. The summed E-state index contributed by atoms with van der Waals surface area (Å²) in [5.41, 5.74) is 2.29. The summed E-state index contributed by atoms with van der Waals surface area (Å²) in [5, 5.41) is 3.17.